The predicted octanol–water partition coefficient (Wildman–Crippen LogP) is 0.691. The lowest BCUT2D eigenvalue weighted by Crippen LogP contribution is -2.57. The minimum atomic E-state index is -0.492. The Morgan fingerprint density at radius 3 is 2.21 bits per heavy atom. The van der Waals surface area contributed by atoms with Crippen LogP contribution < -0.4 is 5.32 Å². The molecule has 0 aromatic heterocycles. The van der Waals surface area contributed by atoms with Crippen LogP contribution in [0.15, 0.2) is 30.3 Å². The molecule has 1 aliphatic carbocycles. The summed E-state index contributed by atoms with van der Waals surface area (Å²) in [4.78, 5) is 45.2. The molecule has 1 saturated carbocycles. The molecule has 1 heterocycles. The molecule has 1 spiro atoms. The normalized spacial score (nSPS) is 25.1. The van der Waals surface area contributed by atoms with Crippen LogP contribution in [0.4, 0.5) is 4.79 Å². The zero-order chi connectivity index (χ0) is 24.2. The van der Waals surface area contributed by atoms with Gasteiger partial charge >= 0.3 is 6.03 Å². The van der Waals surface area contributed by atoms with Gasteiger partial charge in [0, 0.05) is 32.7 Å². The molecular weight excluding hydrogens is 422 g/mol. The highest BCUT2D eigenvalue weighted by atomic mass is 16.3. The van der Waals surface area contributed by atoms with E-state index in [-0.39, 0.29) is 49.6 Å². The first-order chi connectivity index (χ1) is 15.6. The number of carbonyl (C=O) groups excluding carboxylic acids is 3. The third-order valence-electron chi connectivity index (χ3n) is 7.29. The number of likely N-dealkylation sites (N-methyl/N-ethyl adjacent to an activating group) is 1. The monoisotopic (exact) mass is 459 g/mol. The number of aliphatic hydroxyl groups excluding tert-OH is 1. The first-order valence-electron chi connectivity index (χ1n) is 11.5. The van der Waals surface area contributed by atoms with Crippen LogP contribution in [0.2, 0.25) is 0 Å². The van der Waals surface area contributed by atoms with E-state index in [9.17, 15) is 14.4 Å². The summed E-state index contributed by atoms with van der Waals surface area (Å²) in [6, 6.07) is 10.2. The van der Waals surface area contributed by atoms with Gasteiger partial charge < -0.3 is 25.1 Å². The van der Waals surface area contributed by atoms with Crippen molar-refractivity contribution < 1.29 is 19.5 Å². The number of urea groups is 1. The molecule has 2 N–H and O–H groups in total. The van der Waals surface area contributed by atoms with E-state index in [2.05, 4.69) is 48.6 Å². The topological polar surface area (TPSA) is 96.4 Å². The minimum Gasteiger partial charge on any atom is -0.395 e. The summed E-state index contributed by atoms with van der Waals surface area (Å²) >= 11 is 0. The molecule has 182 valence electrons. The number of hydrogen-bond acceptors (Lipinski definition) is 5. The zero-order valence-corrected chi connectivity index (χ0v) is 20.2. The standard InChI is InChI=1S/C24H37N5O4/c1-26(2)21(32)17-29-22(33)28(16-20(31)25-14-15-30)18-23(29)10-12-24(13-11-23,27(3)4)19-8-6-5-7-9-19/h5-9,30H,10-18H2,1-4H3,(H,25,31). The molecule has 0 bridgehead atoms. The molecule has 1 aromatic carbocycles. The molecule has 2 fully saturated rings. The highest BCUT2D eigenvalue weighted by molar-refractivity contribution is 5.89. The first kappa shape index (κ1) is 25.0. The second-order valence-electron chi connectivity index (χ2n) is 9.60. The molecule has 33 heavy (non-hydrogen) atoms. The first-order valence-corrected chi connectivity index (χ1v) is 11.5. The van der Waals surface area contributed by atoms with Crippen LogP contribution in [0.25, 0.3) is 0 Å². The van der Waals surface area contributed by atoms with Crippen molar-refractivity contribution in [3.63, 3.8) is 0 Å². The molecule has 1 saturated heterocycles. The highest BCUT2D eigenvalue weighted by Crippen LogP contribution is 2.48. The van der Waals surface area contributed by atoms with Crippen LogP contribution in [0.1, 0.15) is 31.2 Å². The Balaban J connectivity index is 1.85. The summed E-state index contributed by atoms with van der Waals surface area (Å²) in [6.45, 7) is 0.333. The Bertz CT molecular complexity index is 850. The SMILES string of the molecule is CN(C)C(=O)CN1C(=O)N(CC(=O)NCCO)CC12CCC(c1ccccc1)(N(C)C)CC2. The largest absolute Gasteiger partial charge is 0.395 e. The number of nitrogens with zero attached hydrogens (tertiary/aromatic N) is 4. The fraction of sp³-hybridized carbons (Fsp3) is 0.625. The van der Waals surface area contributed by atoms with Crippen LogP contribution >= 0.6 is 0 Å². The summed E-state index contributed by atoms with van der Waals surface area (Å²) in [7, 11) is 7.55. The maximum Gasteiger partial charge on any atom is 0.321 e. The lowest BCUT2D eigenvalue weighted by Gasteiger charge is -2.51. The third kappa shape index (κ3) is 4.99. The van der Waals surface area contributed by atoms with E-state index in [0.29, 0.717) is 6.54 Å². The maximum atomic E-state index is 13.4. The summed E-state index contributed by atoms with van der Waals surface area (Å²) < 4.78 is 0. The molecule has 2 aliphatic rings. The van der Waals surface area contributed by atoms with E-state index in [1.165, 1.54) is 10.5 Å². The van der Waals surface area contributed by atoms with Crippen molar-refractivity contribution in [1.29, 1.82) is 0 Å². The Kier molecular flexibility index (Phi) is 7.64. The Hall–Kier alpha value is -2.65. The number of carbonyl (C=O) groups is 3. The van der Waals surface area contributed by atoms with E-state index < -0.39 is 5.54 Å². The maximum absolute atomic E-state index is 13.4. The molecular formula is C24H37N5O4. The van der Waals surface area contributed by atoms with Gasteiger partial charge in [-0.15, -0.1) is 0 Å². The second kappa shape index (κ2) is 10.1. The summed E-state index contributed by atoms with van der Waals surface area (Å²) in [5.41, 5.74) is 0.623. The van der Waals surface area contributed by atoms with Crippen molar-refractivity contribution >= 4 is 17.8 Å². The highest BCUT2D eigenvalue weighted by Gasteiger charge is 2.55. The number of rotatable bonds is 8. The Morgan fingerprint density at radius 1 is 1.03 bits per heavy atom. The van der Waals surface area contributed by atoms with E-state index in [1.54, 1.807) is 23.9 Å². The fourth-order valence-electron chi connectivity index (χ4n) is 5.24. The molecule has 9 heteroatoms. The quantitative estimate of drug-likeness (QED) is 0.596. The van der Waals surface area contributed by atoms with Crippen LogP contribution in [0.3, 0.4) is 0 Å². The second-order valence-corrected chi connectivity index (χ2v) is 9.60. The van der Waals surface area contributed by atoms with Crippen LogP contribution in [0, 0.1) is 0 Å². The van der Waals surface area contributed by atoms with Gasteiger partial charge in [0.2, 0.25) is 11.8 Å². The van der Waals surface area contributed by atoms with Gasteiger partial charge in [-0.1, -0.05) is 30.3 Å². The Morgan fingerprint density at radius 2 is 1.67 bits per heavy atom. The molecule has 0 atom stereocenters. The van der Waals surface area contributed by atoms with Crippen LogP contribution in [0.5, 0.6) is 0 Å². The van der Waals surface area contributed by atoms with Gasteiger partial charge in [0.15, 0.2) is 0 Å². The molecule has 0 radical (unpaired) electrons. The number of aliphatic hydroxyl groups is 1. The van der Waals surface area contributed by atoms with Gasteiger partial charge in [-0.3, -0.25) is 14.5 Å². The van der Waals surface area contributed by atoms with Crippen molar-refractivity contribution in [3.8, 4) is 0 Å². The van der Waals surface area contributed by atoms with Gasteiger partial charge in [-0.2, -0.15) is 0 Å². The number of amides is 4. The molecule has 1 aliphatic heterocycles. The van der Waals surface area contributed by atoms with Crippen molar-refractivity contribution in [1.82, 2.24) is 24.9 Å². The van der Waals surface area contributed by atoms with Gasteiger partial charge in [-0.05, 0) is 45.3 Å². The lowest BCUT2D eigenvalue weighted by atomic mass is 9.68. The Labute approximate surface area is 196 Å². The predicted molar refractivity (Wildman–Crippen MR) is 125 cm³/mol. The average Bonchev–Trinajstić information content (AvgIpc) is 3.04. The van der Waals surface area contributed by atoms with Gasteiger partial charge in [0.25, 0.3) is 0 Å². The van der Waals surface area contributed by atoms with E-state index in [1.807, 2.05) is 6.07 Å². The van der Waals surface area contributed by atoms with Gasteiger partial charge in [-0.25, -0.2) is 4.79 Å². The summed E-state index contributed by atoms with van der Waals surface area (Å²) in [5.74, 6) is -0.446. The number of nitrogens with one attached hydrogen (secondary N) is 1. The number of benzene rings is 1. The molecule has 1 aromatic rings. The van der Waals surface area contributed by atoms with Crippen molar-refractivity contribution in [2.45, 2.75) is 36.8 Å². The zero-order valence-electron chi connectivity index (χ0n) is 20.2. The van der Waals surface area contributed by atoms with Gasteiger partial charge in [0.1, 0.15) is 13.1 Å². The van der Waals surface area contributed by atoms with E-state index in [4.69, 9.17) is 5.11 Å². The third-order valence-corrected chi connectivity index (χ3v) is 7.29. The van der Waals surface area contributed by atoms with Crippen LogP contribution in [-0.4, -0.2) is 109 Å². The van der Waals surface area contributed by atoms with Gasteiger partial charge in [0.05, 0.1) is 12.1 Å². The number of hydrogen-bond donors (Lipinski definition) is 2. The minimum absolute atomic E-state index is 0.000887. The summed E-state index contributed by atoms with van der Waals surface area (Å²) in [6.07, 6.45) is 3.16. The van der Waals surface area contributed by atoms with E-state index in [0.717, 1.165) is 25.7 Å². The fourth-order valence-corrected chi connectivity index (χ4v) is 5.24. The van der Waals surface area contributed by atoms with Crippen molar-refractivity contribution in [2.24, 2.45) is 0 Å². The summed E-state index contributed by atoms with van der Waals surface area (Å²) in [5, 5.41) is 11.6. The molecule has 0 unspecified atom stereocenters. The molecule has 3 rings (SSSR count). The van der Waals surface area contributed by atoms with Crippen molar-refractivity contribution in [3.05, 3.63) is 35.9 Å². The smallest absolute Gasteiger partial charge is 0.321 e. The van der Waals surface area contributed by atoms with E-state index >= 15 is 0 Å². The van der Waals surface area contributed by atoms with Crippen molar-refractivity contribution in [2.75, 3.05) is 61.0 Å². The molecule has 4 amide bonds. The van der Waals surface area contributed by atoms with Crippen LogP contribution in [-0.2, 0) is 15.1 Å². The lowest BCUT2D eigenvalue weighted by molar-refractivity contribution is -0.130. The average molecular weight is 460 g/mol. The molecule has 9 nitrogen and oxygen atoms in total.